The van der Waals surface area contributed by atoms with Gasteiger partial charge in [0, 0.05) is 12.1 Å². The predicted molar refractivity (Wildman–Crippen MR) is 174 cm³/mol. The first-order chi connectivity index (χ1) is 24.3. The number of Topliss-reactive ketones (excluding diaryl/α,β-unsaturated/α-hetero) is 1. The van der Waals surface area contributed by atoms with E-state index >= 15 is 0 Å². The normalized spacial score (nSPS) is 23.1. The first-order valence-corrected chi connectivity index (χ1v) is 15.4. The zero-order chi connectivity index (χ0) is 36.7. The molecule has 51 heavy (non-hydrogen) atoms. The molecule has 15 nitrogen and oxygen atoms in total. The summed E-state index contributed by atoms with van der Waals surface area (Å²) in [6.45, 7) is -0.845. The number of carbonyl (C=O) groups is 2. The number of hydrogen-bond acceptors (Lipinski definition) is 15. The molecule has 6 atom stereocenters. The number of phenolic OH excluding ortho intramolecular Hbond substituents is 6. The fraction of sp³-hybridized carbons (Fsp3) is 0.222. The number of aliphatic hydroxyl groups is 4. The van der Waals surface area contributed by atoms with Crippen molar-refractivity contribution in [3.8, 4) is 51.7 Å². The molecular weight excluding hydrogens is 672 g/mol. The van der Waals surface area contributed by atoms with Gasteiger partial charge in [0.2, 0.25) is 5.75 Å². The average Bonchev–Trinajstić information content (AvgIpc) is 3.09. The highest BCUT2D eigenvalue weighted by Crippen LogP contribution is 2.54. The average molecular weight is 705 g/mol. The Balaban J connectivity index is 1.37. The largest absolute Gasteiger partial charge is 0.508 e. The number of ether oxygens (including phenoxy) is 3. The van der Waals surface area contributed by atoms with E-state index in [0.717, 1.165) is 12.1 Å². The summed E-state index contributed by atoms with van der Waals surface area (Å²) in [5, 5.41) is 105. The second-order valence-corrected chi connectivity index (χ2v) is 11.9. The van der Waals surface area contributed by atoms with Crippen molar-refractivity contribution < 1.29 is 74.9 Å². The number of hydrogen-bond donors (Lipinski definition) is 10. The van der Waals surface area contributed by atoms with Crippen LogP contribution in [0.25, 0.3) is 6.08 Å². The van der Waals surface area contributed by atoms with Crippen LogP contribution < -0.4 is 9.47 Å². The van der Waals surface area contributed by atoms with Crippen molar-refractivity contribution >= 4 is 17.6 Å². The van der Waals surface area contributed by atoms with E-state index in [1.54, 1.807) is 0 Å². The Labute approximate surface area is 288 Å². The molecular formula is C36H32O15. The van der Waals surface area contributed by atoms with Gasteiger partial charge in [0.25, 0.3) is 0 Å². The number of aromatic hydroxyl groups is 6. The van der Waals surface area contributed by atoms with Crippen LogP contribution in [0.1, 0.15) is 56.0 Å². The maximum atomic E-state index is 13.5. The molecule has 4 aromatic rings. The maximum absolute atomic E-state index is 13.5. The third-order valence-corrected chi connectivity index (χ3v) is 8.61. The third-order valence-electron chi connectivity index (χ3n) is 8.61. The van der Waals surface area contributed by atoms with Crippen LogP contribution in [0.2, 0.25) is 0 Å². The van der Waals surface area contributed by atoms with Crippen molar-refractivity contribution in [1.82, 2.24) is 0 Å². The number of ketones is 2. The molecule has 0 aliphatic carbocycles. The van der Waals surface area contributed by atoms with Gasteiger partial charge in [0.1, 0.15) is 82.2 Å². The lowest BCUT2D eigenvalue weighted by atomic mass is 9.88. The molecule has 2 aliphatic rings. The van der Waals surface area contributed by atoms with E-state index in [0.29, 0.717) is 11.1 Å². The van der Waals surface area contributed by atoms with Crippen molar-refractivity contribution in [3.05, 3.63) is 94.6 Å². The third kappa shape index (κ3) is 6.59. The van der Waals surface area contributed by atoms with Gasteiger partial charge < -0.3 is 65.3 Å². The summed E-state index contributed by atoms with van der Waals surface area (Å²) < 4.78 is 17.2. The molecule has 2 aliphatic heterocycles. The van der Waals surface area contributed by atoms with Crippen LogP contribution in [-0.2, 0) is 4.74 Å². The second-order valence-electron chi connectivity index (χ2n) is 11.9. The Hall–Kier alpha value is -5.84. The van der Waals surface area contributed by atoms with Gasteiger partial charge >= 0.3 is 0 Å². The summed E-state index contributed by atoms with van der Waals surface area (Å²) in [6, 6.07) is 13.6. The Morgan fingerprint density at radius 1 is 0.824 bits per heavy atom. The first kappa shape index (κ1) is 35.0. The van der Waals surface area contributed by atoms with Crippen molar-refractivity contribution in [2.45, 2.75) is 43.0 Å². The number of allylic oxidation sites excluding steroid dienone is 1. The summed E-state index contributed by atoms with van der Waals surface area (Å²) >= 11 is 0. The zero-order valence-corrected chi connectivity index (χ0v) is 26.3. The highest BCUT2D eigenvalue weighted by atomic mass is 16.5. The van der Waals surface area contributed by atoms with Crippen LogP contribution in [0.3, 0.4) is 0 Å². The molecule has 0 amide bonds. The molecule has 0 saturated carbocycles. The number of benzene rings is 4. The van der Waals surface area contributed by atoms with Gasteiger partial charge in [0.05, 0.1) is 18.6 Å². The Bertz CT molecular complexity index is 2000. The highest BCUT2D eigenvalue weighted by Gasteiger charge is 2.47. The summed E-state index contributed by atoms with van der Waals surface area (Å²) in [5.41, 5.74) is -0.676. The van der Waals surface area contributed by atoms with Gasteiger partial charge in [-0.15, -0.1) is 0 Å². The summed E-state index contributed by atoms with van der Waals surface area (Å²) in [4.78, 5) is 26.2. The summed E-state index contributed by atoms with van der Waals surface area (Å²) in [6.07, 6.45) is -7.79. The topological polar surface area (TPSA) is 264 Å². The summed E-state index contributed by atoms with van der Waals surface area (Å²) in [7, 11) is 0. The van der Waals surface area contributed by atoms with E-state index in [4.69, 9.17) is 14.2 Å². The molecule has 1 fully saturated rings. The molecule has 266 valence electrons. The highest BCUT2D eigenvalue weighted by molar-refractivity contribution is 6.11. The molecule has 0 aromatic heterocycles. The zero-order valence-electron chi connectivity index (χ0n) is 26.3. The quantitative estimate of drug-likeness (QED) is 0.0934. The minimum atomic E-state index is -2.01. The number of phenols is 6. The molecule has 10 N–H and O–H groups in total. The SMILES string of the molecule is O=C1CC(c2ccc(Oc3c(O)c(C(=O)C=Cc4ccc(O)cc4)c(O)c(C4OC(CO)C(O)C(O)C4O)c3O)cc2)Oc2cc(O)cc(O)c21. The van der Waals surface area contributed by atoms with Gasteiger partial charge in [-0.2, -0.15) is 0 Å². The van der Waals surface area contributed by atoms with E-state index < -0.39 is 94.7 Å². The summed E-state index contributed by atoms with van der Waals surface area (Å²) in [5.74, 6) is -6.18. The van der Waals surface area contributed by atoms with Crippen molar-refractivity contribution in [3.63, 3.8) is 0 Å². The van der Waals surface area contributed by atoms with Crippen LogP contribution in [-0.4, -0.2) is 93.7 Å². The van der Waals surface area contributed by atoms with Gasteiger partial charge in [-0.3, -0.25) is 9.59 Å². The molecule has 6 unspecified atom stereocenters. The fourth-order valence-electron chi connectivity index (χ4n) is 5.97. The monoisotopic (exact) mass is 704 g/mol. The predicted octanol–water partition coefficient (Wildman–Crippen LogP) is 2.83. The lowest BCUT2D eigenvalue weighted by molar-refractivity contribution is -0.232. The lowest BCUT2D eigenvalue weighted by Crippen LogP contribution is -2.55. The maximum Gasteiger partial charge on any atom is 0.212 e. The standard InChI is InChI=1S/C36H32O15/c37-14-25-29(43)33(47)34(48)35(51-25)28-30(44)27(20(40)10-3-15-1-6-17(38)7-2-15)31(45)36(32(28)46)49-19-8-4-16(5-9-19)23-13-22(42)26-21(41)11-18(39)12-24(26)50-23/h1-12,23,25,29,33-35,37-39,41,43-48H,13-14H2. The molecule has 2 heterocycles. The van der Waals surface area contributed by atoms with Gasteiger partial charge in [-0.05, 0) is 41.5 Å². The van der Waals surface area contributed by atoms with E-state index in [2.05, 4.69) is 0 Å². The second kappa shape index (κ2) is 13.8. The van der Waals surface area contributed by atoms with Gasteiger partial charge in [0.15, 0.2) is 23.1 Å². The van der Waals surface area contributed by atoms with Crippen molar-refractivity contribution in [1.29, 1.82) is 0 Å². The minimum Gasteiger partial charge on any atom is -0.508 e. The van der Waals surface area contributed by atoms with E-state index in [1.165, 1.54) is 60.7 Å². The Morgan fingerprint density at radius 3 is 2.18 bits per heavy atom. The fourth-order valence-corrected chi connectivity index (χ4v) is 5.97. The lowest BCUT2D eigenvalue weighted by Gasteiger charge is -2.40. The molecule has 4 aromatic carbocycles. The smallest absolute Gasteiger partial charge is 0.212 e. The van der Waals surface area contributed by atoms with Crippen molar-refractivity contribution in [2.24, 2.45) is 0 Å². The molecule has 1 saturated heterocycles. The number of carbonyl (C=O) groups excluding carboxylic acids is 2. The number of rotatable bonds is 8. The number of aliphatic hydroxyl groups excluding tert-OH is 4. The van der Waals surface area contributed by atoms with Crippen LogP contribution >= 0.6 is 0 Å². The van der Waals surface area contributed by atoms with Gasteiger partial charge in [-0.25, -0.2) is 0 Å². The molecule has 0 spiro atoms. The van der Waals surface area contributed by atoms with Crippen LogP contribution in [0.4, 0.5) is 0 Å². The van der Waals surface area contributed by atoms with E-state index in [-0.39, 0.29) is 35.0 Å². The van der Waals surface area contributed by atoms with E-state index in [9.17, 15) is 60.7 Å². The van der Waals surface area contributed by atoms with Crippen LogP contribution in [0, 0.1) is 0 Å². The Kier molecular flexibility index (Phi) is 9.48. The van der Waals surface area contributed by atoms with Crippen LogP contribution in [0.5, 0.6) is 51.7 Å². The van der Waals surface area contributed by atoms with Gasteiger partial charge in [-0.1, -0.05) is 30.3 Å². The van der Waals surface area contributed by atoms with E-state index in [1.807, 2.05) is 0 Å². The molecule has 15 heteroatoms. The number of fused-ring (bicyclic) bond motifs is 1. The molecule has 0 radical (unpaired) electrons. The minimum absolute atomic E-state index is 0.0228. The van der Waals surface area contributed by atoms with Crippen LogP contribution in [0.15, 0.2) is 66.7 Å². The molecule has 0 bridgehead atoms. The molecule has 6 rings (SSSR count). The Morgan fingerprint density at radius 2 is 1.51 bits per heavy atom. The first-order valence-electron chi connectivity index (χ1n) is 15.4. The van der Waals surface area contributed by atoms with Crippen molar-refractivity contribution in [2.75, 3.05) is 6.61 Å².